The second-order valence-electron chi connectivity index (χ2n) is 5.56. The van der Waals surface area contributed by atoms with Gasteiger partial charge >= 0.3 is 5.82 Å². The second-order valence-corrected chi connectivity index (χ2v) is 7.39. The van der Waals surface area contributed by atoms with Crippen molar-refractivity contribution in [2.45, 2.75) is 16.7 Å². The lowest BCUT2D eigenvalue weighted by atomic mass is 10.2. The minimum absolute atomic E-state index is 0.0896. The van der Waals surface area contributed by atoms with Crippen LogP contribution in [0.2, 0.25) is 0 Å². The molecule has 0 saturated carbocycles. The van der Waals surface area contributed by atoms with Crippen molar-refractivity contribution in [1.29, 1.82) is 0 Å². The Bertz CT molecular complexity index is 1180. The number of nitrogens with zero attached hydrogens (tertiary/aromatic N) is 6. The average molecular weight is 414 g/mol. The second kappa shape index (κ2) is 7.44. The molecule has 3 heterocycles. The minimum atomic E-state index is -0.440. The number of rotatable bonds is 7. The van der Waals surface area contributed by atoms with Crippen molar-refractivity contribution in [3.8, 4) is 17.1 Å². The van der Waals surface area contributed by atoms with Crippen molar-refractivity contribution in [2.24, 2.45) is 0 Å². The molecular formula is C17H14N6O3S2. The van der Waals surface area contributed by atoms with Gasteiger partial charge in [0.2, 0.25) is 5.03 Å². The minimum Gasteiger partial charge on any atom is -0.496 e. The van der Waals surface area contributed by atoms with Gasteiger partial charge in [0.15, 0.2) is 11.0 Å². The van der Waals surface area contributed by atoms with Gasteiger partial charge in [-0.25, -0.2) is 0 Å². The number of fused-ring (bicyclic) bond motifs is 1. The normalized spacial score (nSPS) is 11.0. The molecule has 0 aliphatic rings. The Morgan fingerprint density at radius 2 is 2.21 bits per heavy atom. The molecule has 0 aliphatic carbocycles. The van der Waals surface area contributed by atoms with E-state index in [0.717, 1.165) is 17.3 Å². The van der Waals surface area contributed by atoms with E-state index in [1.165, 1.54) is 15.7 Å². The number of hydrogen-bond acceptors (Lipinski definition) is 8. The zero-order valence-electron chi connectivity index (χ0n) is 14.7. The van der Waals surface area contributed by atoms with E-state index in [2.05, 4.69) is 21.8 Å². The van der Waals surface area contributed by atoms with Crippen LogP contribution in [0.25, 0.3) is 16.3 Å². The van der Waals surface area contributed by atoms with E-state index in [4.69, 9.17) is 4.74 Å². The lowest BCUT2D eigenvalue weighted by Crippen LogP contribution is -2.02. The lowest BCUT2D eigenvalue weighted by molar-refractivity contribution is -0.393. The van der Waals surface area contributed by atoms with E-state index in [1.54, 1.807) is 24.8 Å². The van der Waals surface area contributed by atoms with E-state index < -0.39 is 4.92 Å². The quantitative estimate of drug-likeness (QED) is 0.257. The summed E-state index contributed by atoms with van der Waals surface area (Å²) in [6.45, 7) is 4.22. The number of benzene rings is 1. The standard InChI is InChI=1S/C17H14N6O3S2/c1-3-8-21-13(11-6-4-5-7-12(11)26-2)19-20-17(21)28-14-15(23(24)25)22-9-10-27-16(22)18-14/h3-7,9-10H,1,8H2,2H3. The van der Waals surface area contributed by atoms with Crippen LogP contribution in [0.5, 0.6) is 5.75 Å². The summed E-state index contributed by atoms with van der Waals surface area (Å²) < 4.78 is 8.71. The molecule has 0 atom stereocenters. The molecule has 0 amide bonds. The SMILES string of the molecule is C=CCn1c(Sc2nc3sccn3c2[N+](=O)[O-])nnc1-c1ccccc1OC. The highest BCUT2D eigenvalue weighted by Crippen LogP contribution is 2.37. The van der Waals surface area contributed by atoms with Crippen LogP contribution in [0.1, 0.15) is 0 Å². The highest BCUT2D eigenvalue weighted by atomic mass is 32.2. The first-order valence-electron chi connectivity index (χ1n) is 8.09. The summed E-state index contributed by atoms with van der Waals surface area (Å²) in [5, 5.41) is 22.6. The third-order valence-corrected chi connectivity index (χ3v) is 5.65. The molecule has 11 heteroatoms. The van der Waals surface area contributed by atoms with Crippen molar-refractivity contribution in [3.05, 3.63) is 58.6 Å². The van der Waals surface area contributed by atoms with Gasteiger partial charge in [-0.05, 0) is 28.8 Å². The monoisotopic (exact) mass is 414 g/mol. The number of methoxy groups -OCH3 is 1. The summed E-state index contributed by atoms with van der Waals surface area (Å²) in [6.07, 6.45) is 3.34. The maximum Gasteiger partial charge on any atom is 0.363 e. The van der Waals surface area contributed by atoms with Gasteiger partial charge in [0.05, 0.1) is 12.7 Å². The highest BCUT2D eigenvalue weighted by molar-refractivity contribution is 7.99. The van der Waals surface area contributed by atoms with Crippen LogP contribution in [0.3, 0.4) is 0 Å². The fourth-order valence-corrected chi connectivity index (χ4v) is 4.45. The molecule has 28 heavy (non-hydrogen) atoms. The molecule has 0 aliphatic heterocycles. The molecule has 0 unspecified atom stereocenters. The van der Waals surface area contributed by atoms with Crippen LogP contribution in [-0.2, 0) is 6.54 Å². The number of para-hydroxylation sites is 1. The van der Waals surface area contributed by atoms with Crippen LogP contribution in [0.15, 0.2) is 58.7 Å². The summed E-state index contributed by atoms with van der Waals surface area (Å²) >= 11 is 2.43. The number of allylic oxidation sites excluding steroid dienone is 1. The Morgan fingerprint density at radius 3 is 2.96 bits per heavy atom. The smallest absolute Gasteiger partial charge is 0.363 e. The highest BCUT2D eigenvalue weighted by Gasteiger charge is 2.27. The third kappa shape index (κ3) is 3.04. The molecule has 4 aromatic rings. The Morgan fingerprint density at radius 1 is 1.39 bits per heavy atom. The number of imidazole rings is 1. The van der Waals surface area contributed by atoms with Gasteiger partial charge in [-0.1, -0.05) is 29.5 Å². The zero-order valence-corrected chi connectivity index (χ0v) is 16.3. The van der Waals surface area contributed by atoms with E-state index >= 15 is 0 Å². The van der Waals surface area contributed by atoms with Crippen LogP contribution in [0, 0.1) is 10.1 Å². The number of hydrogen-bond donors (Lipinski definition) is 0. The summed E-state index contributed by atoms with van der Waals surface area (Å²) in [5.41, 5.74) is 0.770. The number of nitro groups is 1. The topological polar surface area (TPSA) is 100 Å². The number of thiazole rings is 1. The average Bonchev–Trinajstić information content (AvgIpc) is 3.37. The van der Waals surface area contributed by atoms with E-state index in [9.17, 15) is 10.1 Å². The Kier molecular flexibility index (Phi) is 4.84. The molecule has 0 spiro atoms. The van der Waals surface area contributed by atoms with Crippen LogP contribution < -0.4 is 4.74 Å². The first-order valence-corrected chi connectivity index (χ1v) is 9.79. The predicted octanol–water partition coefficient (Wildman–Crippen LogP) is 3.91. The molecule has 0 N–H and O–H groups in total. The molecule has 3 aromatic heterocycles. The predicted molar refractivity (Wildman–Crippen MR) is 106 cm³/mol. The fraction of sp³-hybridized carbons (Fsp3) is 0.118. The first-order chi connectivity index (χ1) is 13.6. The van der Waals surface area contributed by atoms with Gasteiger partial charge in [0.25, 0.3) is 4.96 Å². The maximum absolute atomic E-state index is 11.6. The molecule has 4 rings (SSSR count). The molecule has 0 radical (unpaired) electrons. The molecule has 1 aromatic carbocycles. The third-order valence-electron chi connectivity index (χ3n) is 3.94. The van der Waals surface area contributed by atoms with Crippen molar-refractivity contribution in [3.63, 3.8) is 0 Å². The molecule has 0 fully saturated rings. The Balaban J connectivity index is 1.80. The maximum atomic E-state index is 11.6. The van der Waals surface area contributed by atoms with E-state index in [1.807, 2.05) is 28.8 Å². The van der Waals surface area contributed by atoms with Gasteiger partial charge in [0, 0.05) is 11.9 Å². The van der Waals surface area contributed by atoms with Crippen LogP contribution in [-0.4, -0.2) is 36.2 Å². The molecule has 0 bridgehead atoms. The van der Waals surface area contributed by atoms with E-state index in [0.29, 0.717) is 28.2 Å². The molecule has 9 nitrogen and oxygen atoms in total. The van der Waals surface area contributed by atoms with Crippen molar-refractivity contribution in [1.82, 2.24) is 24.1 Å². The van der Waals surface area contributed by atoms with Crippen molar-refractivity contribution < 1.29 is 9.66 Å². The van der Waals surface area contributed by atoms with E-state index in [-0.39, 0.29) is 10.8 Å². The molecule has 0 saturated heterocycles. The Labute approximate surface area is 167 Å². The molecule has 142 valence electrons. The van der Waals surface area contributed by atoms with Gasteiger partial charge in [-0.3, -0.25) is 4.57 Å². The lowest BCUT2D eigenvalue weighted by Gasteiger charge is -2.10. The number of ether oxygens (including phenoxy) is 1. The van der Waals surface area contributed by atoms with Crippen molar-refractivity contribution >= 4 is 33.9 Å². The largest absolute Gasteiger partial charge is 0.496 e. The molecular weight excluding hydrogens is 400 g/mol. The summed E-state index contributed by atoms with van der Waals surface area (Å²) in [6, 6.07) is 7.47. The Hall–Kier alpha value is -3.18. The van der Waals surface area contributed by atoms with Crippen LogP contribution in [0.4, 0.5) is 5.82 Å². The van der Waals surface area contributed by atoms with Gasteiger partial charge in [-0.2, -0.15) is 9.38 Å². The van der Waals surface area contributed by atoms with Gasteiger partial charge in [0.1, 0.15) is 11.9 Å². The fourth-order valence-electron chi connectivity index (χ4n) is 2.76. The summed E-state index contributed by atoms with van der Waals surface area (Å²) in [5.74, 6) is 1.15. The number of aromatic nitrogens is 5. The first kappa shape index (κ1) is 18.2. The van der Waals surface area contributed by atoms with Crippen molar-refractivity contribution in [2.75, 3.05) is 7.11 Å². The van der Waals surface area contributed by atoms with Gasteiger partial charge in [-0.15, -0.1) is 16.8 Å². The summed E-state index contributed by atoms with van der Waals surface area (Å²) in [7, 11) is 1.59. The summed E-state index contributed by atoms with van der Waals surface area (Å²) in [4.78, 5) is 16.1. The van der Waals surface area contributed by atoms with Gasteiger partial charge < -0.3 is 14.9 Å². The zero-order chi connectivity index (χ0) is 19.7. The van der Waals surface area contributed by atoms with Crippen LogP contribution >= 0.6 is 23.1 Å².